The number of hydrogen-bond donors (Lipinski definition) is 2. The van der Waals surface area contributed by atoms with Crippen molar-refractivity contribution < 1.29 is 4.79 Å². The van der Waals surface area contributed by atoms with E-state index in [9.17, 15) is 4.79 Å². The van der Waals surface area contributed by atoms with Gasteiger partial charge in [-0.2, -0.15) is 0 Å². The molecule has 1 amide bonds. The Hall–Kier alpha value is -1.23. The Labute approximate surface area is 82.9 Å². The van der Waals surface area contributed by atoms with Crippen molar-refractivity contribution in [3.63, 3.8) is 0 Å². The minimum absolute atomic E-state index is 0.295. The first-order valence-corrected chi connectivity index (χ1v) is 4.31. The van der Waals surface area contributed by atoms with Crippen LogP contribution in [0.15, 0.2) is 16.8 Å². The van der Waals surface area contributed by atoms with E-state index in [1.807, 2.05) is 6.92 Å². The first-order valence-electron chi connectivity index (χ1n) is 3.84. The van der Waals surface area contributed by atoms with Gasteiger partial charge in [-0.15, -0.1) is 0 Å². The predicted octanol–water partition coefficient (Wildman–Crippen LogP) is 0.383. The maximum atomic E-state index is 11.2. The maximum Gasteiger partial charge on any atom is 0.274 e. The van der Waals surface area contributed by atoms with Gasteiger partial charge in [0.2, 0.25) is 0 Å². The average molecular weight is 199 g/mol. The van der Waals surface area contributed by atoms with Crippen LogP contribution < -0.4 is 11.1 Å². The Bertz CT molecular complexity index is 254. The number of carbonyl (C=O) groups is 1. The fraction of sp³-hybridized carbons (Fsp3) is 0.375. The summed E-state index contributed by atoms with van der Waals surface area (Å²) in [6.07, 6.45) is 1.51. The normalized spacial score (nSPS) is 12.5. The first kappa shape index (κ1) is 11.8. The molecule has 0 atom stereocenters. The Kier molecular flexibility index (Phi) is 5.71. The molecule has 4 nitrogen and oxygen atoms in total. The summed E-state index contributed by atoms with van der Waals surface area (Å²) in [7, 11) is 0. The third-order valence-corrected chi connectivity index (χ3v) is 1.23. The summed E-state index contributed by atoms with van der Waals surface area (Å²) in [5.41, 5.74) is 7.40. The second-order valence-electron chi connectivity index (χ2n) is 2.34. The van der Waals surface area contributed by atoms with E-state index in [4.69, 9.17) is 5.73 Å². The van der Waals surface area contributed by atoms with Crippen LogP contribution in [0.3, 0.4) is 0 Å². The van der Waals surface area contributed by atoms with Gasteiger partial charge >= 0.3 is 0 Å². The van der Waals surface area contributed by atoms with Gasteiger partial charge in [0.25, 0.3) is 5.91 Å². The lowest BCUT2D eigenvalue weighted by Crippen LogP contribution is -2.28. The van der Waals surface area contributed by atoms with Gasteiger partial charge in [0.05, 0.1) is 5.49 Å². The number of nitrogens with zero attached hydrogens (tertiary/aromatic N) is 1. The Balaban J connectivity index is 4.62. The van der Waals surface area contributed by atoms with Gasteiger partial charge in [-0.05, 0) is 19.9 Å². The van der Waals surface area contributed by atoms with E-state index in [-0.39, 0.29) is 5.91 Å². The zero-order valence-corrected chi connectivity index (χ0v) is 8.52. The predicted molar refractivity (Wildman–Crippen MR) is 57.7 cm³/mol. The van der Waals surface area contributed by atoms with E-state index in [1.165, 1.54) is 6.08 Å². The Morgan fingerprint density at radius 2 is 2.31 bits per heavy atom. The lowest BCUT2D eigenvalue weighted by Gasteiger charge is -1.99. The highest BCUT2D eigenvalue weighted by molar-refractivity contribution is 7.78. The van der Waals surface area contributed by atoms with Gasteiger partial charge in [0.1, 0.15) is 5.71 Å². The fourth-order valence-corrected chi connectivity index (χ4v) is 0.803. The minimum Gasteiger partial charge on any atom is -0.402 e. The van der Waals surface area contributed by atoms with E-state index in [2.05, 4.69) is 22.5 Å². The number of aliphatic imine (C=N–C) groups is 1. The fourth-order valence-electron chi connectivity index (χ4n) is 0.696. The molecule has 0 aromatic carbocycles. The summed E-state index contributed by atoms with van der Waals surface area (Å²) in [5, 5.41) is 2.36. The Morgan fingerprint density at radius 1 is 1.69 bits per heavy atom. The highest BCUT2D eigenvalue weighted by Crippen LogP contribution is 1.87. The molecule has 0 aromatic rings. The molecule has 0 rings (SSSR count). The minimum atomic E-state index is -0.332. The molecule has 0 bridgehead atoms. The molecule has 0 aliphatic carbocycles. The van der Waals surface area contributed by atoms with E-state index in [0.717, 1.165) is 5.49 Å². The number of carbonyl (C=O) groups excluding carboxylic acids is 1. The largest absolute Gasteiger partial charge is 0.402 e. The molecule has 0 saturated heterocycles. The highest BCUT2D eigenvalue weighted by atomic mass is 32.1. The lowest BCUT2D eigenvalue weighted by atomic mass is 10.3. The van der Waals surface area contributed by atoms with E-state index in [0.29, 0.717) is 18.0 Å². The third-order valence-electron chi connectivity index (χ3n) is 1.12. The summed E-state index contributed by atoms with van der Waals surface area (Å²) in [5.74, 6) is -0.332. The second kappa shape index (κ2) is 6.30. The zero-order valence-electron chi connectivity index (χ0n) is 7.70. The van der Waals surface area contributed by atoms with Crippen LogP contribution in [0.5, 0.6) is 0 Å². The van der Waals surface area contributed by atoms with Crippen LogP contribution in [-0.2, 0) is 4.79 Å². The van der Waals surface area contributed by atoms with Crippen molar-refractivity contribution in [3.8, 4) is 0 Å². The van der Waals surface area contributed by atoms with Gasteiger partial charge in [-0.1, -0.05) is 12.2 Å². The second-order valence-corrected chi connectivity index (χ2v) is 2.57. The van der Waals surface area contributed by atoms with Crippen LogP contribution in [0.2, 0.25) is 0 Å². The molecule has 13 heavy (non-hydrogen) atoms. The summed E-state index contributed by atoms with van der Waals surface area (Å²) < 4.78 is 0. The van der Waals surface area contributed by atoms with Crippen LogP contribution in [0.4, 0.5) is 0 Å². The van der Waals surface area contributed by atoms with Crippen molar-refractivity contribution in [2.45, 2.75) is 13.8 Å². The van der Waals surface area contributed by atoms with Gasteiger partial charge in [0.15, 0.2) is 0 Å². The number of nitrogens with two attached hydrogens (primary N) is 1. The number of hydrogen-bond acceptors (Lipinski definition) is 4. The number of allylic oxidation sites excluding steroid dienone is 1. The van der Waals surface area contributed by atoms with Gasteiger partial charge in [-0.3, -0.25) is 9.79 Å². The number of rotatable bonds is 4. The number of nitrogens with one attached hydrogen (secondary N) is 1. The first-order chi connectivity index (χ1) is 6.11. The van der Waals surface area contributed by atoms with Crippen molar-refractivity contribution in [1.29, 1.82) is 0 Å². The van der Waals surface area contributed by atoms with Gasteiger partial charge in [-0.25, -0.2) is 0 Å². The summed E-state index contributed by atoms with van der Waals surface area (Å²) in [6.45, 7) is 4.06. The topological polar surface area (TPSA) is 67.5 Å². The molecule has 5 heteroatoms. The summed E-state index contributed by atoms with van der Waals surface area (Å²) in [6, 6.07) is 0. The van der Waals surface area contributed by atoms with Crippen molar-refractivity contribution in [2.24, 2.45) is 10.7 Å². The zero-order chi connectivity index (χ0) is 10.3. The van der Waals surface area contributed by atoms with Crippen LogP contribution in [0.1, 0.15) is 13.8 Å². The van der Waals surface area contributed by atoms with Crippen LogP contribution >= 0.6 is 12.2 Å². The van der Waals surface area contributed by atoms with E-state index < -0.39 is 0 Å². The third kappa shape index (κ3) is 5.08. The summed E-state index contributed by atoms with van der Waals surface area (Å²) in [4.78, 5) is 15.2. The molecule has 0 unspecified atom stereocenters. The van der Waals surface area contributed by atoms with Crippen LogP contribution in [-0.4, -0.2) is 23.7 Å². The van der Waals surface area contributed by atoms with Crippen molar-refractivity contribution in [1.82, 2.24) is 5.32 Å². The average Bonchev–Trinajstić information content (AvgIpc) is 2.03. The molecule has 0 saturated carbocycles. The molecule has 3 N–H and O–H groups in total. The van der Waals surface area contributed by atoms with Gasteiger partial charge in [0, 0.05) is 12.2 Å². The molecule has 0 spiro atoms. The molecule has 0 fully saturated rings. The van der Waals surface area contributed by atoms with E-state index in [1.54, 1.807) is 6.92 Å². The monoisotopic (exact) mass is 199 g/mol. The highest BCUT2D eigenvalue weighted by Gasteiger charge is 2.05. The van der Waals surface area contributed by atoms with Crippen LogP contribution in [0.25, 0.3) is 0 Å². The molecule has 0 aliphatic heterocycles. The number of thiocarbonyl (C=S) groups is 1. The summed E-state index contributed by atoms with van der Waals surface area (Å²) >= 11 is 4.48. The van der Waals surface area contributed by atoms with Crippen molar-refractivity contribution in [2.75, 3.05) is 6.54 Å². The molecule has 0 aliphatic rings. The van der Waals surface area contributed by atoms with Crippen molar-refractivity contribution in [3.05, 3.63) is 11.8 Å². The molecule has 0 radical (unpaired) electrons. The van der Waals surface area contributed by atoms with E-state index >= 15 is 0 Å². The molecule has 0 aromatic heterocycles. The molecular formula is C8H13N3OS. The van der Waals surface area contributed by atoms with Crippen molar-refractivity contribution >= 4 is 29.3 Å². The molecule has 72 valence electrons. The SMILES string of the molecule is CCN=C(/C=C(/C)N)C(=O)NC=S. The quantitative estimate of drug-likeness (QED) is 0.508. The smallest absolute Gasteiger partial charge is 0.274 e. The lowest BCUT2D eigenvalue weighted by molar-refractivity contribution is -0.113. The maximum absolute atomic E-state index is 11.2. The molecule has 0 heterocycles. The standard InChI is InChI=1S/C8H13N3OS/c1-3-10-7(4-6(2)9)8(12)11-5-13/h4-5H,3,9H2,1-2H3,(H,11,12,13)/b6-4-,10-7?. The van der Waals surface area contributed by atoms with Gasteiger partial charge < -0.3 is 11.1 Å². The van der Waals surface area contributed by atoms with Crippen LogP contribution in [0, 0.1) is 0 Å². The number of amides is 1. The molecular weight excluding hydrogens is 186 g/mol. The Morgan fingerprint density at radius 3 is 2.69 bits per heavy atom.